The molecule has 1 rings (SSSR count). The Hall–Kier alpha value is -2.05. The Labute approximate surface area is 111 Å². The van der Waals surface area contributed by atoms with Gasteiger partial charge < -0.3 is 20.8 Å². The Morgan fingerprint density at radius 3 is 2.53 bits per heavy atom. The number of primary amides is 1. The Kier molecular flexibility index (Phi) is 4.91. The van der Waals surface area contributed by atoms with Gasteiger partial charge in [0.05, 0.1) is 6.61 Å². The van der Waals surface area contributed by atoms with Crippen LogP contribution in [0.4, 0.5) is 5.82 Å². The highest BCUT2D eigenvalue weighted by molar-refractivity contribution is 5.92. The minimum absolute atomic E-state index is 0.0926. The zero-order valence-corrected chi connectivity index (χ0v) is 11.5. The van der Waals surface area contributed by atoms with Crippen LogP contribution in [0.5, 0.6) is 0 Å². The molecule has 1 aromatic rings. The monoisotopic (exact) mass is 268 g/mol. The molecular formula is C12H20N4O3. The van der Waals surface area contributed by atoms with Crippen LogP contribution in [-0.4, -0.2) is 28.0 Å². The summed E-state index contributed by atoms with van der Waals surface area (Å²) in [4.78, 5) is 26.9. The average molecular weight is 268 g/mol. The maximum atomic E-state index is 11.7. The third-order valence-electron chi connectivity index (χ3n) is 2.74. The van der Waals surface area contributed by atoms with Crippen LogP contribution < -0.4 is 11.5 Å². The Morgan fingerprint density at radius 2 is 2.05 bits per heavy atom. The number of aryl methyl sites for hydroxylation is 1. The van der Waals surface area contributed by atoms with Crippen LogP contribution in [0, 0.1) is 0 Å². The Bertz CT molecular complexity index is 482. The maximum absolute atomic E-state index is 11.7. The first kappa shape index (κ1) is 15.0. The summed E-state index contributed by atoms with van der Waals surface area (Å²) in [7, 11) is 0. The average Bonchev–Trinajstić information content (AvgIpc) is 2.65. The fourth-order valence-corrected chi connectivity index (χ4v) is 1.97. The van der Waals surface area contributed by atoms with E-state index in [-0.39, 0.29) is 30.6 Å². The normalized spacial score (nSPS) is 12.2. The highest BCUT2D eigenvalue weighted by Gasteiger charge is 2.24. The predicted octanol–water partition coefficient (Wildman–Crippen LogP) is 0.641. The minimum atomic E-state index is -0.556. The second kappa shape index (κ2) is 6.21. The molecule has 0 aromatic carbocycles. The topological polar surface area (TPSA) is 113 Å². The lowest BCUT2D eigenvalue weighted by molar-refractivity contribution is -0.118. The number of hydrogen-bond donors (Lipinski definition) is 2. The Balaban J connectivity index is 3.16. The van der Waals surface area contributed by atoms with Gasteiger partial charge in [-0.1, -0.05) is 6.92 Å². The summed E-state index contributed by atoms with van der Waals surface area (Å²) in [6.45, 7) is 5.66. The number of ether oxygens (including phenoxy) is 1. The van der Waals surface area contributed by atoms with Gasteiger partial charge in [-0.25, -0.2) is 9.78 Å². The SMILES string of the molecule is CCOC(=O)c1nc(CC)n(C(C)CC(N)=O)c1N. The molecule has 7 heteroatoms. The minimum Gasteiger partial charge on any atom is -0.461 e. The molecule has 0 bridgehead atoms. The van der Waals surface area contributed by atoms with Gasteiger partial charge in [0.15, 0.2) is 5.69 Å². The lowest BCUT2D eigenvalue weighted by Crippen LogP contribution is -2.20. The van der Waals surface area contributed by atoms with Crippen LogP contribution in [0.15, 0.2) is 0 Å². The van der Waals surface area contributed by atoms with E-state index in [1.807, 2.05) is 6.92 Å². The van der Waals surface area contributed by atoms with E-state index in [9.17, 15) is 9.59 Å². The molecule has 1 unspecified atom stereocenters. The van der Waals surface area contributed by atoms with E-state index >= 15 is 0 Å². The third-order valence-corrected chi connectivity index (χ3v) is 2.74. The van der Waals surface area contributed by atoms with Crippen molar-refractivity contribution in [1.29, 1.82) is 0 Å². The summed E-state index contributed by atoms with van der Waals surface area (Å²) in [6.07, 6.45) is 0.725. The highest BCUT2D eigenvalue weighted by Crippen LogP contribution is 2.23. The molecule has 0 aliphatic heterocycles. The van der Waals surface area contributed by atoms with Crippen LogP contribution in [0.2, 0.25) is 0 Å². The van der Waals surface area contributed by atoms with Crippen LogP contribution >= 0.6 is 0 Å². The van der Waals surface area contributed by atoms with Crippen molar-refractivity contribution in [2.24, 2.45) is 5.73 Å². The third kappa shape index (κ3) is 3.24. The zero-order valence-electron chi connectivity index (χ0n) is 11.5. The lowest BCUT2D eigenvalue weighted by atomic mass is 10.2. The number of amides is 1. The van der Waals surface area contributed by atoms with Crippen molar-refractivity contribution in [3.05, 3.63) is 11.5 Å². The van der Waals surface area contributed by atoms with Crippen LogP contribution in [0.3, 0.4) is 0 Å². The molecule has 19 heavy (non-hydrogen) atoms. The molecule has 0 aliphatic carbocycles. The van der Waals surface area contributed by atoms with Crippen molar-refractivity contribution in [3.63, 3.8) is 0 Å². The van der Waals surface area contributed by atoms with Gasteiger partial charge in [-0.2, -0.15) is 0 Å². The molecule has 1 amide bonds. The standard InChI is InChI=1S/C12H20N4O3/c1-4-9-15-10(12(18)19-5-2)11(14)16(9)7(3)6-8(13)17/h7H,4-6,14H2,1-3H3,(H2,13,17). The molecular weight excluding hydrogens is 248 g/mol. The van der Waals surface area contributed by atoms with Crippen molar-refractivity contribution in [3.8, 4) is 0 Å². The van der Waals surface area contributed by atoms with E-state index in [0.29, 0.717) is 12.2 Å². The fraction of sp³-hybridized carbons (Fsp3) is 0.583. The van der Waals surface area contributed by atoms with Gasteiger partial charge in [0, 0.05) is 18.9 Å². The van der Waals surface area contributed by atoms with Crippen molar-refractivity contribution < 1.29 is 14.3 Å². The van der Waals surface area contributed by atoms with Gasteiger partial charge in [0.25, 0.3) is 0 Å². The number of carbonyl (C=O) groups is 2. The summed E-state index contributed by atoms with van der Waals surface area (Å²) in [5.41, 5.74) is 11.2. The van der Waals surface area contributed by atoms with Gasteiger partial charge in [-0.05, 0) is 13.8 Å². The molecule has 0 fully saturated rings. The molecule has 106 valence electrons. The van der Waals surface area contributed by atoms with Gasteiger partial charge in [-0.3, -0.25) is 4.79 Å². The molecule has 1 heterocycles. The number of nitrogen functional groups attached to an aromatic ring is 1. The number of esters is 1. The summed E-state index contributed by atoms with van der Waals surface area (Å²) < 4.78 is 6.56. The van der Waals surface area contributed by atoms with E-state index in [0.717, 1.165) is 0 Å². The second-order valence-electron chi connectivity index (χ2n) is 4.23. The summed E-state index contributed by atoms with van der Waals surface area (Å²) in [5.74, 6) is -0.140. The zero-order chi connectivity index (χ0) is 14.6. The molecule has 0 radical (unpaired) electrons. The smallest absolute Gasteiger partial charge is 0.360 e. The van der Waals surface area contributed by atoms with Crippen LogP contribution in [0.1, 0.15) is 49.5 Å². The summed E-state index contributed by atoms with van der Waals surface area (Å²) in [5, 5.41) is 0. The van der Waals surface area contributed by atoms with Gasteiger partial charge in [0.1, 0.15) is 11.6 Å². The number of anilines is 1. The molecule has 1 atom stereocenters. The number of rotatable bonds is 6. The first-order chi connectivity index (χ1) is 8.92. The quantitative estimate of drug-likeness (QED) is 0.735. The number of imidazole rings is 1. The van der Waals surface area contributed by atoms with Crippen LogP contribution in [0.25, 0.3) is 0 Å². The molecule has 7 nitrogen and oxygen atoms in total. The van der Waals surface area contributed by atoms with Crippen molar-refractivity contribution in [1.82, 2.24) is 9.55 Å². The van der Waals surface area contributed by atoms with E-state index in [1.165, 1.54) is 0 Å². The summed E-state index contributed by atoms with van der Waals surface area (Å²) in [6, 6.07) is -0.247. The number of carbonyl (C=O) groups excluding carboxylic acids is 2. The maximum Gasteiger partial charge on any atom is 0.360 e. The number of hydrogen-bond acceptors (Lipinski definition) is 5. The highest BCUT2D eigenvalue weighted by atomic mass is 16.5. The van der Waals surface area contributed by atoms with Gasteiger partial charge >= 0.3 is 5.97 Å². The van der Waals surface area contributed by atoms with Gasteiger partial charge in [-0.15, -0.1) is 0 Å². The summed E-state index contributed by atoms with van der Waals surface area (Å²) >= 11 is 0. The largest absolute Gasteiger partial charge is 0.461 e. The second-order valence-corrected chi connectivity index (χ2v) is 4.23. The lowest BCUT2D eigenvalue weighted by Gasteiger charge is -2.16. The van der Waals surface area contributed by atoms with E-state index in [2.05, 4.69) is 4.98 Å². The predicted molar refractivity (Wildman–Crippen MR) is 70.5 cm³/mol. The van der Waals surface area contributed by atoms with Gasteiger partial charge in [0.2, 0.25) is 5.91 Å². The van der Waals surface area contributed by atoms with Crippen molar-refractivity contribution >= 4 is 17.7 Å². The molecule has 0 saturated heterocycles. The fourth-order valence-electron chi connectivity index (χ4n) is 1.97. The van der Waals surface area contributed by atoms with Crippen molar-refractivity contribution in [2.75, 3.05) is 12.3 Å². The van der Waals surface area contributed by atoms with Crippen LogP contribution in [-0.2, 0) is 16.0 Å². The van der Waals surface area contributed by atoms with E-state index < -0.39 is 11.9 Å². The number of nitrogens with zero attached hydrogens (tertiary/aromatic N) is 2. The number of aromatic nitrogens is 2. The van der Waals surface area contributed by atoms with Crippen molar-refractivity contribution in [2.45, 2.75) is 39.7 Å². The first-order valence-corrected chi connectivity index (χ1v) is 6.24. The molecule has 4 N–H and O–H groups in total. The first-order valence-electron chi connectivity index (χ1n) is 6.24. The molecule has 0 spiro atoms. The van der Waals surface area contributed by atoms with E-state index in [4.69, 9.17) is 16.2 Å². The molecule has 1 aromatic heterocycles. The number of nitrogens with two attached hydrogens (primary N) is 2. The Morgan fingerprint density at radius 1 is 1.42 bits per heavy atom. The molecule has 0 saturated carbocycles. The van der Waals surface area contributed by atoms with E-state index in [1.54, 1.807) is 18.4 Å². The molecule has 0 aliphatic rings.